The summed E-state index contributed by atoms with van der Waals surface area (Å²) >= 11 is 0. The molecule has 4 nitrogen and oxygen atoms in total. The molecule has 0 fully saturated rings. The Hall–Kier alpha value is -3.14. The van der Waals surface area contributed by atoms with Crippen LogP contribution in [0.5, 0.6) is 0 Å². The zero-order chi connectivity index (χ0) is 21.9. The highest BCUT2D eigenvalue weighted by atomic mass is 15.2. The van der Waals surface area contributed by atoms with Gasteiger partial charge in [-0.2, -0.15) is 4.57 Å². The van der Waals surface area contributed by atoms with Gasteiger partial charge in [-0.1, -0.05) is 18.2 Å². The molecular weight excluding hydrogens is 344 g/mol. The molecule has 5 aromatic rings. The monoisotopic (exact) mass is 370 g/mol. The largest absolute Gasteiger partial charge is 0.299 e. The van der Waals surface area contributed by atoms with E-state index in [0.29, 0.717) is 5.69 Å². The highest BCUT2D eigenvalue weighted by Gasteiger charge is 2.41. The molecule has 28 heavy (non-hydrogen) atoms. The van der Waals surface area contributed by atoms with Gasteiger partial charge in [0.05, 0.1) is 38.7 Å². The highest BCUT2D eigenvalue weighted by molar-refractivity contribution is 6.01. The lowest BCUT2D eigenvalue weighted by Gasteiger charge is -2.33. The van der Waals surface area contributed by atoms with Gasteiger partial charge in [0.2, 0.25) is 11.5 Å². The van der Waals surface area contributed by atoms with E-state index in [2.05, 4.69) is 47.9 Å². The van der Waals surface area contributed by atoms with Gasteiger partial charge in [0.15, 0.2) is 5.69 Å². The first-order valence-corrected chi connectivity index (χ1v) is 9.58. The zero-order valence-electron chi connectivity index (χ0n) is 19.4. The number of imidazole rings is 2. The number of para-hydroxylation sites is 2. The number of hydrogen-bond acceptors (Lipinski definition) is 1. The third-order valence-electron chi connectivity index (χ3n) is 6.39. The Morgan fingerprint density at radius 3 is 2.68 bits per heavy atom. The Morgan fingerprint density at radius 1 is 1.04 bits per heavy atom. The number of aryl methyl sites for hydroxylation is 2. The third-order valence-corrected chi connectivity index (χ3v) is 6.39. The molecule has 0 aliphatic carbocycles. The van der Waals surface area contributed by atoms with E-state index in [1.54, 1.807) is 6.07 Å². The Bertz CT molecular complexity index is 1570. The number of pyridine rings is 1. The van der Waals surface area contributed by atoms with Crippen LogP contribution in [0, 0.1) is 13.8 Å². The molecule has 0 spiro atoms. The van der Waals surface area contributed by atoms with Crippen molar-refractivity contribution in [1.82, 2.24) is 14.0 Å². The van der Waals surface area contributed by atoms with Gasteiger partial charge in [0.25, 0.3) is 0 Å². The Balaban J connectivity index is 1.89. The number of hydrogen-bond donors (Lipinski definition) is 0. The van der Waals surface area contributed by atoms with E-state index in [0.717, 1.165) is 50.2 Å². The second kappa shape index (κ2) is 4.82. The van der Waals surface area contributed by atoms with Crippen LogP contribution in [0.15, 0.2) is 48.5 Å². The molecule has 2 aromatic carbocycles. The predicted molar refractivity (Wildman–Crippen MR) is 113 cm³/mol. The first-order chi connectivity index (χ1) is 14.6. The predicted octanol–water partition coefficient (Wildman–Crippen LogP) is 4.65. The molecule has 0 N–H and O–H groups in total. The van der Waals surface area contributed by atoms with Crippen LogP contribution in [-0.2, 0) is 12.6 Å². The Morgan fingerprint density at radius 2 is 1.86 bits per heavy atom. The lowest BCUT2D eigenvalue weighted by Crippen LogP contribution is -2.42. The minimum absolute atomic E-state index is 0.341. The lowest BCUT2D eigenvalue weighted by atomic mass is 9.84. The maximum Gasteiger partial charge on any atom is 0.220 e. The summed E-state index contributed by atoms with van der Waals surface area (Å²) in [6, 6.07) is 16.2. The molecule has 0 unspecified atom stereocenters. The van der Waals surface area contributed by atoms with Crippen molar-refractivity contribution in [2.75, 3.05) is 0 Å². The van der Waals surface area contributed by atoms with Crippen molar-refractivity contribution >= 4 is 27.8 Å². The van der Waals surface area contributed by atoms with Gasteiger partial charge in [0, 0.05) is 17.0 Å². The molecule has 138 valence electrons. The minimum Gasteiger partial charge on any atom is -0.299 e. The van der Waals surface area contributed by atoms with Crippen molar-refractivity contribution < 1.29 is 8.68 Å². The van der Waals surface area contributed by atoms with Gasteiger partial charge >= 0.3 is 0 Å². The number of fused-ring (bicyclic) bond motifs is 7. The van der Waals surface area contributed by atoms with Crippen LogP contribution in [0.3, 0.4) is 0 Å². The van der Waals surface area contributed by atoms with E-state index in [1.165, 1.54) is 0 Å². The first kappa shape index (κ1) is 13.1. The quantitative estimate of drug-likeness (QED) is 0.365. The summed E-state index contributed by atoms with van der Waals surface area (Å²) in [5, 5.41) is 0. The summed E-state index contributed by atoms with van der Waals surface area (Å²) in [7, 11) is 1.87. The van der Waals surface area contributed by atoms with E-state index in [4.69, 9.17) is 9.10 Å². The highest BCUT2D eigenvalue weighted by Crippen LogP contribution is 2.46. The molecule has 0 amide bonds. The average Bonchev–Trinajstić information content (AvgIpc) is 3.21. The molecule has 0 saturated heterocycles. The first-order valence-electron chi connectivity index (χ1n) is 11.1. The number of rotatable bonds is 0. The Labute approximate surface area is 167 Å². The van der Waals surface area contributed by atoms with E-state index in [1.807, 2.05) is 35.9 Å². The van der Waals surface area contributed by atoms with Crippen molar-refractivity contribution in [2.45, 2.75) is 33.2 Å². The fraction of sp³-hybridized carbons (Fsp3) is 0.250. The van der Waals surface area contributed by atoms with E-state index in [-0.39, 0.29) is 0 Å². The molecule has 0 atom stereocenters. The topological polar surface area (TPSA) is 26.1 Å². The van der Waals surface area contributed by atoms with Crippen LogP contribution < -0.4 is 4.57 Å². The van der Waals surface area contributed by atoms with Gasteiger partial charge < -0.3 is 0 Å². The molecule has 1 aliphatic heterocycles. The molecule has 0 radical (unpaired) electrons. The maximum absolute atomic E-state index is 8.02. The standard InChI is InChI=1S/C24H23N4/c1-14-10-13-19-22-20(14)21-16(12-11-15(2)26(21)5)24(3,4)28(22)23-25-17-8-6-7-9-18(17)27(19)23/h6-13H,1-5H3/q+1/i2D3. The van der Waals surface area contributed by atoms with Crippen molar-refractivity contribution in [1.29, 1.82) is 0 Å². The van der Waals surface area contributed by atoms with Gasteiger partial charge in [-0.3, -0.25) is 8.97 Å². The molecular formula is C24H23N4+. The summed E-state index contributed by atoms with van der Waals surface area (Å²) < 4.78 is 30.5. The van der Waals surface area contributed by atoms with Crippen LogP contribution in [0.2, 0.25) is 0 Å². The second-order valence-corrected chi connectivity index (χ2v) is 8.30. The van der Waals surface area contributed by atoms with Crippen LogP contribution in [0.25, 0.3) is 39.1 Å². The molecule has 0 saturated carbocycles. The molecule has 4 heterocycles. The zero-order valence-corrected chi connectivity index (χ0v) is 16.4. The van der Waals surface area contributed by atoms with Crippen molar-refractivity contribution in [2.24, 2.45) is 7.05 Å². The van der Waals surface area contributed by atoms with E-state index < -0.39 is 12.4 Å². The van der Waals surface area contributed by atoms with Crippen LogP contribution in [0.4, 0.5) is 0 Å². The number of aromatic nitrogens is 4. The van der Waals surface area contributed by atoms with Gasteiger partial charge in [-0.25, -0.2) is 4.98 Å². The van der Waals surface area contributed by atoms with E-state index >= 15 is 0 Å². The van der Waals surface area contributed by atoms with Crippen LogP contribution in [-0.4, -0.2) is 14.0 Å². The average molecular weight is 370 g/mol. The fourth-order valence-corrected chi connectivity index (χ4v) is 4.99. The Kier molecular flexibility index (Phi) is 2.26. The normalized spacial score (nSPS) is 16.9. The molecule has 3 aromatic heterocycles. The summed E-state index contributed by atoms with van der Waals surface area (Å²) in [5.74, 6) is 0.904. The van der Waals surface area contributed by atoms with E-state index in [9.17, 15) is 0 Å². The van der Waals surface area contributed by atoms with Crippen molar-refractivity contribution in [3.63, 3.8) is 0 Å². The lowest BCUT2D eigenvalue weighted by molar-refractivity contribution is -0.667. The maximum atomic E-state index is 8.02. The third kappa shape index (κ3) is 1.63. The number of benzene rings is 2. The minimum atomic E-state index is -2.18. The second-order valence-electron chi connectivity index (χ2n) is 8.30. The van der Waals surface area contributed by atoms with Gasteiger partial charge in [0.1, 0.15) is 7.05 Å². The summed E-state index contributed by atoms with van der Waals surface area (Å²) in [6.45, 7) is 4.28. The van der Waals surface area contributed by atoms with Crippen LogP contribution >= 0.6 is 0 Å². The molecule has 4 heteroatoms. The summed E-state index contributed by atoms with van der Waals surface area (Å²) in [4.78, 5) is 5.00. The molecule has 0 bridgehead atoms. The summed E-state index contributed by atoms with van der Waals surface area (Å²) in [5.41, 5.74) is 8.42. The fourth-order valence-electron chi connectivity index (χ4n) is 4.99. The number of nitrogens with zero attached hydrogens (tertiary/aromatic N) is 4. The van der Waals surface area contributed by atoms with Crippen molar-refractivity contribution in [3.05, 3.63) is 65.4 Å². The van der Waals surface area contributed by atoms with Gasteiger partial charge in [-0.15, -0.1) is 0 Å². The van der Waals surface area contributed by atoms with Crippen molar-refractivity contribution in [3.8, 4) is 11.3 Å². The molecule has 1 aliphatic rings. The van der Waals surface area contributed by atoms with Gasteiger partial charge in [-0.05, 0) is 50.6 Å². The summed E-state index contributed by atoms with van der Waals surface area (Å²) in [6.07, 6.45) is 0. The smallest absolute Gasteiger partial charge is 0.220 e. The molecule has 6 rings (SSSR count). The SMILES string of the molecule is [2H]C([2H])([2H])c1ccc2c([n+]1C)-c1c(C)ccc3c1n(c1nc4ccccc4n31)C2(C)C. The van der Waals surface area contributed by atoms with Crippen LogP contribution in [0.1, 0.15) is 34.8 Å².